The second-order valence-electron chi connectivity index (χ2n) is 6.35. The van der Waals surface area contributed by atoms with Crippen LogP contribution in [-0.4, -0.2) is 41.5 Å². The summed E-state index contributed by atoms with van der Waals surface area (Å²) in [5, 5.41) is 17.1. The van der Waals surface area contributed by atoms with Gasteiger partial charge < -0.3 is 15.5 Å². The Bertz CT molecular complexity index is 580. The zero-order chi connectivity index (χ0) is 16.2. The SMILES string of the molecule is O=C(Nc1cccc([N+](=O)[O-])c1)N1CCC(NCC2CC2)CC1. The van der Waals surface area contributed by atoms with Crippen molar-refractivity contribution in [3.8, 4) is 0 Å². The Morgan fingerprint density at radius 1 is 1.26 bits per heavy atom. The molecule has 1 aromatic carbocycles. The second-order valence-corrected chi connectivity index (χ2v) is 6.35. The molecule has 2 N–H and O–H groups in total. The lowest BCUT2D eigenvalue weighted by Crippen LogP contribution is -2.46. The number of hydrogen-bond donors (Lipinski definition) is 2. The lowest BCUT2D eigenvalue weighted by atomic mass is 10.1. The maximum absolute atomic E-state index is 12.3. The molecule has 1 saturated heterocycles. The maximum atomic E-state index is 12.3. The monoisotopic (exact) mass is 318 g/mol. The fraction of sp³-hybridized carbons (Fsp3) is 0.562. The van der Waals surface area contributed by atoms with Crippen LogP contribution in [0.25, 0.3) is 0 Å². The number of hydrogen-bond acceptors (Lipinski definition) is 4. The largest absolute Gasteiger partial charge is 0.324 e. The molecular weight excluding hydrogens is 296 g/mol. The van der Waals surface area contributed by atoms with Crippen molar-refractivity contribution in [2.75, 3.05) is 25.0 Å². The van der Waals surface area contributed by atoms with E-state index in [0.717, 1.165) is 25.3 Å². The van der Waals surface area contributed by atoms with Gasteiger partial charge in [0.25, 0.3) is 5.69 Å². The minimum Gasteiger partial charge on any atom is -0.324 e. The molecule has 2 fully saturated rings. The van der Waals surface area contributed by atoms with Crippen molar-refractivity contribution in [2.24, 2.45) is 5.92 Å². The molecule has 7 heteroatoms. The van der Waals surface area contributed by atoms with Crippen molar-refractivity contribution in [1.29, 1.82) is 0 Å². The van der Waals surface area contributed by atoms with Crippen LogP contribution in [0.1, 0.15) is 25.7 Å². The minimum atomic E-state index is -0.466. The summed E-state index contributed by atoms with van der Waals surface area (Å²) in [5.41, 5.74) is 0.434. The number of amides is 2. The van der Waals surface area contributed by atoms with Gasteiger partial charge >= 0.3 is 6.03 Å². The van der Waals surface area contributed by atoms with Gasteiger partial charge in [0.05, 0.1) is 4.92 Å². The topological polar surface area (TPSA) is 87.5 Å². The molecule has 23 heavy (non-hydrogen) atoms. The molecule has 1 aliphatic heterocycles. The third kappa shape index (κ3) is 4.41. The summed E-state index contributed by atoms with van der Waals surface area (Å²) in [4.78, 5) is 24.3. The molecule has 0 aromatic heterocycles. The quantitative estimate of drug-likeness (QED) is 0.645. The average Bonchev–Trinajstić information content (AvgIpc) is 3.38. The van der Waals surface area contributed by atoms with Crippen LogP contribution < -0.4 is 10.6 Å². The number of benzene rings is 1. The number of nitro benzene ring substituents is 1. The van der Waals surface area contributed by atoms with E-state index in [0.29, 0.717) is 24.8 Å². The Kier molecular flexibility index (Phi) is 4.76. The number of carbonyl (C=O) groups excluding carboxylic acids is 1. The molecular formula is C16H22N4O3. The number of anilines is 1. The van der Waals surface area contributed by atoms with Gasteiger partial charge in [0.2, 0.25) is 0 Å². The van der Waals surface area contributed by atoms with E-state index in [1.807, 2.05) is 0 Å². The number of piperidine rings is 1. The van der Waals surface area contributed by atoms with E-state index in [9.17, 15) is 14.9 Å². The first kappa shape index (κ1) is 15.7. The van der Waals surface area contributed by atoms with Gasteiger partial charge in [-0.1, -0.05) is 6.07 Å². The van der Waals surface area contributed by atoms with Gasteiger partial charge in [-0.3, -0.25) is 10.1 Å². The van der Waals surface area contributed by atoms with Crippen molar-refractivity contribution < 1.29 is 9.72 Å². The average molecular weight is 318 g/mol. The van der Waals surface area contributed by atoms with Gasteiger partial charge in [0.15, 0.2) is 0 Å². The lowest BCUT2D eigenvalue weighted by molar-refractivity contribution is -0.384. The fourth-order valence-electron chi connectivity index (χ4n) is 2.84. The molecule has 1 aromatic rings. The van der Waals surface area contributed by atoms with Crippen LogP contribution >= 0.6 is 0 Å². The number of nitrogens with zero attached hydrogens (tertiary/aromatic N) is 2. The van der Waals surface area contributed by atoms with Gasteiger partial charge in [-0.15, -0.1) is 0 Å². The summed E-state index contributed by atoms with van der Waals surface area (Å²) in [5.74, 6) is 0.866. The summed E-state index contributed by atoms with van der Waals surface area (Å²) < 4.78 is 0. The Balaban J connectivity index is 1.47. The van der Waals surface area contributed by atoms with Crippen molar-refractivity contribution in [2.45, 2.75) is 31.7 Å². The van der Waals surface area contributed by atoms with Crippen molar-refractivity contribution >= 4 is 17.4 Å². The van der Waals surface area contributed by atoms with Crippen LogP contribution in [0.2, 0.25) is 0 Å². The van der Waals surface area contributed by atoms with Crippen molar-refractivity contribution in [1.82, 2.24) is 10.2 Å². The predicted molar refractivity (Wildman–Crippen MR) is 87.4 cm³/mol. The van der Waals surface area contributed by atoms with E-state index in [1.54, 1.807) is 17.0 Å². The molecule has 2 amide bonds. The van der Waals surface area contributed by atoms with Gasteiger partial charge in [-0.2, -0.15) is 0 Å². The molecule has 124 valence electrons. The number of likely N-dealkylation sites (tertiary alicyclic amines) is 1. The molecule has 3 rings (SSSR count). The van der Waals surface area contributed by atoms with E-state index in [2.05, 4.69) is 10.6 Å². The van der Waals surface area contributed by atoms with Gasteiger partial charge in [0, 0.05) is 37.0 Å². The molecule has 1 saturated carbocycles. The fourth-order valence-corrected chi connectivity index (χ4v) is 2.84. The lowest BCUT2D eigenvalue weighted by Gasteiger charge is -2.32. The molecule has 0 radical (unpaired) electrons. The number of rotatable bonds is 5. The third-order valence-electron chi connectivity index (χ3n) is 4.48. The third-order valence-corrected chi connectivity index (χ3v) is 4.48. The Labute approximate surface area is 135 Å². The molecule has 1 heterocycles. The van der Waals surface area contributed by atoms with Crippen LogP contribution in [-0.2, 0) is 0 Å². The normalized spacial score (nSPS) is 18.7. The highest BCUT2D eigenvalue weighted by molar-refractivity contribution is 5.89. The molecule has 1 aliphatic carbocycles. The first-order valence-corrected chi connectivity index (χ1v) is 8.15. The smallest absolute Gasteiger partial charge is 0.321 e. The van der Waals surface area contributed by atoms with E-state index < -0.39 is 4.92 Å². The number of urea groups is 1. The number of nitro groups is 1. The number of non-ortho nitro benzene ring substituents is 1. The van der Waals surface area contributed by atoms with Crippen LogP contribution in [0.15, 0.2) is 24.3 Å². The zero-order valence-electron chi connectivity index (χ0n) is 13.0. The second kappa shape index (κ2) is 6.95. The summed E-state index contributed by atoms with van der Waals surface area (Å²) >= 11 is 0. The number of nitrogens with one attached hydrogen (secondary N) is 2. The summed E-state index contributed by atoms with van der Waals surface area (Å²) in [7, 11) is 0. The molecule has 0 atom stereocenters. The first-order valence-electron chi connectivity index (χ1n) is 8.15. The van der Waals surface area contributed by atoms with Gasteiger partial charge in [0.1, 0.15) is 0 Å². The highest BCUT2D eigenvalue weighted by Gasteiger charge is 2.26. The Morgan fingerprint density at radius 3 is 2.65 bits per heavy atom. The molecule has 0 spiro atoms. The van der Waals surface area contributed by atoms with E-state index in [1.165, 1.54) is 25.0 Å². The zero-order valence-corrected chi connectivity index (χ0v) is 13.0. The minimum absolute atomic E-state index is 0.0224. The van der Waals surface area contributed by atoms with E-state index in [-0.39, 0.29) is 11.7 Å². The van der Waals surface area contributed by atoms with Crippen LogP contribution in [0.3, 0.4) is 0 Å². The van der Waals surface area contributed by atoms with Crippen LogP contribution in [0.5, 0.6) is 0 Å². The van der Waals surface area contributed by atoms with E-state index in [4.69, 9.17) is 0 Å². The van der Waals surface area contributed by atoms with Crippen molar-refractivity contribution in [3.63, 3.8) is 0 Å². The van der Waals surface area contributed by atoms with Gasteiger partial charge in [-0.25, -0.2) is 4.79 Å². The predicted octanol–water partition coefficient (Wildman–Crippen LogP) is 2.59. The van der Waals surface area contributed by atoms with Crippen molar-refractivity contribution in [3.05, 3.63) is 34.4 Å². The summed E-state index contributed by atoms with van der Waals surface area (Å²) in [6.07, 6.45) is 4.60. The number of carbonyl (C=O) groups is 1. The summed E-state index contributed by atoms with van der Waals surface area (Å²) in [6, 6.07) is 6.33. The molecule has 7 nitrogen and oxygen atoms in total. The molecule has 0 unspecified atom stereocenters. The Hall–Kier alpha value is -2.15. The van der Waals surface area contributed by atoms with Crippen LogP contribution in [0.4, 0.5) is 16.2 Å². The van der Waals surface area contributed by atoms with E-state index >= 15 is 0 Å². The molecule has 2 aliphatic rings. The maximum Gasteiger partial charge on any atom is 0.321 e. The highest BCUT2D eigenvalue weighted by atomic mass is 16.6. The van der Waals surface area contributed by atoms with Crippen LogP contribution in [0, 0.1) is 16.0 Å². The summed E-state index contributed by atoms with van der Waals surface area (Å²) in [6.45, 7) is 2.52. The highest BCUT2D eigenvalue weighted by Crippen LogP contribution is 2.28. The molecule has 0 bridgehead atoms. The van der Waals surface area contributed by atoms with Gasteiger partial charge in [-0.05, 0) is 44.2 Å². The first-order chi connectivity index (χ1) is 11.1. The Morgan fingerprint density at radius 2 is 2.00 bits per heavy atom. The standard InChI is InChI=1S/C16H22N4O3/c21-16(18-14-2-1-3-15(10-14)20(22)23)19-8-6-13(7-9-19)17-11-12-4-5-12/h1-3,10,12-13,17H,4-9,11H2,(H,18,21).